The zero-order valence-electron chi connectivity index (χ0n) is 19.7. The molecule has 0 unspecified atom stereocenters. The van der Waals surface area contributed by atoms with Crippen molar-refractivity contribution in [3.63, 3.8) is 0 Å². The molecule has 1 aliphatic heterocycles. The fourth-order valence-corrected chi connectivity index (χ4v) is 4.24. The van der Waals surface area contributed by atoms with Crippen LogP contribution >= 0.6 is 0 Å². The van der Waals surface area contributed by atoms with Gasteiger partial charge < -0.3 is 20.4 Å². The monoisotopic (exact) mass is 468 g/mol. The first-order valence-electron chi connectivity index (χ1n) is 12.0. The minimum atomic E-state index is -0.00367. The van der Waals surface area contributed by atoms with Crippen molar-refractivity contribution in [2.75, 3.05) is 42.9 Å². The maximum Gasteiger partial charge on any atom is 0.317 e. The van der Waals surface area contributed by atoms with Gasteiger partial charge >= 0.3 is 6.03 Å². The molecule has 5 rings (SSSR count). The van der Waals surface area contributed by atoms with Gasteiger partial charge in [0, 0.05) is 50.7 Å². The molecule has 2 amide bonds. The lowest BCUT2D eigenvalue weighted by Gasteiger charge is -2.35. The van der Waals surface area contributed by atoms with Gasteiger partial charge in [0.05, 0.1) is 17.3 Å². The molecule has 4 heterocycles. The van der Waals surface area contributed by atoms with Crippen molar-refractivity contribution < 1.29 is 4.79 Å². The molecule has 2 N–H and O–H groups in total. The number of urea groups is 1. The van der Waals surface area contributed by atoms with Gasteiger partial charge in [0.2, 0.25) is 0 Å². The Bertz CT molecular complexity index is 1240. The predicted octanol–water partition coefficient (Wildman–Crippen LogP) is 3.88. The van der Waals surface area contributed by atoms with E-state index < -0.39 is 0 Å². The highest BCUT2D eigenvalue weighted by molar-refractivity contribution is 5.74. The van der Waals surface area contributed by atoms with Gasteiger partial charge in [-0.3, -0.25) is 0 Å². The molecule has 3 aromatic heterocycles. The summed E-state index contributed by atoms with van der Waals surface area (Å²) in [4.78, 5) is 29.9. The van der Waals surface area contributed by atoms with Gasteiger partial charge in [-0.25, -0.2) is 19.7 Å². The van der Waals surface area contributed by atoms with Gasteiger partial charge in [-0.15, -0.1) is 0 Å². The maximum absolute atomic E-state index is 12.0. The van der Waals surface area contributed by atoms with E-state index in [-0.39, 0.29) is 6.03 Å². The number of aromatic nitrogens is 3. The summed E-state index contributed by atoms with van der Waals surface area (Å²) in [6, 6.07) is 13.8. The first kappa shape index (κ1) is 22.6. The van der Waals surface area contributed by atoms with Crippen molar-refractivity contribution in [1.82, 2.24) is 25.2 Å². The average Bonchev–Trinajstić information content (AvgIpc) is 3.75. The van der Waals surface area contributed by atoms with Crippen LogP contribution in [0.25, 0.3) is 11.3 Å². The van der Waals surface area contributed by atoms with Crippen LogP contribution in [0.2, 0.25) is 0 Å². The number of nitrogens with zero attached hydrogens (tertiary/aromatic N) is 6. The number of carbonyl (C=O) groups excluding carboxylic acids is 1. The maximum atomic E-state index is 12.0. The Balaban J connectivity index is 1.32. The number of piperazine rings is 1. The molecule has 9 nitrogen and oxygen atoms in total. The van der Waals surface area contributed by atoms with Crippen LogP contribution in [0.15, 0.2) is 48.8 Å². The van der Waals surface area contributed by atoms with E-state index in [1.165, 1.54) is 18.4 Å². The largest absolute Gasteiger partial charge is 0.353 e. The number of nitriles is 1. The molecule has 0 radical (unpaired) electrons. The van der Waals surface area contributed by atoms with E-state index in [4.69, 9.17) is 15.2 Å². The van der Waals surface area contributed by atoms with Crippen LogP contribution in [0.1, 0.15) is 36.8 Å². The lowest BCUT2D eigenvalue weighted by Crippen LogP contribution is -2.52. The smallest absolute Gasteiger partial charge is 0.317 e. The zero-order valence-corrected chi connectivity index (χ0v) is 19.7. The minimum absolute atomic E-state index is 0.00367. The molecule has 0 spiro atoms. The molecule has 1 saturated heterocycles. The van der Waals surface area contributed by atoms with Gasteiger partial charge in [-0.2, -0.15) is 5.26 Å². The fourth-order valence-electron chi connectivity index (χ4n) is 4.24. The van der Waals surface area contributed by atoms with E-state index in [1.54, 1.807) is 18.3 Å². The molecule has 178 valence electrons. The summed E-state index contributed by atoms with van der Waals surface area (Å²) in [5.74, 6) is 2.76. The second-order valence-electron chi connectivity index (χ2n) is 8.83. The van der Waals surface area contributed by atoms with E-state index in [2.05, 4.69) is 44.8 Å². The lowest BCUT2D eigenvalue weighted by molar-refractivity contribution is 0.195. The molecule has 9 heteroatoms. The number of hydrogen-bond donors (Lipinski definition) is 2. The highest BCUT2D eigenvalue weighted by Crippen LogP contribution is 2.42. The topological polar surface area (TPSA) is 110 Å². The molecule has 2 fully saturated rings. The fraction of sp³-hybridized carbons (Fsp3) is 0.346. The molecule has 2 aliphatic rings. The summed E-state index contributed by atoms with van der Waals surface area (Å²) in [6.45, 7) is 5.42. The van der Waals surface area contributed by atoms with E-state index >= 15 is 0 Å². The Morgan fingerprint density at radius 1 is 1.09 bits per heavy atom. The summed E-state index contributed by atoms with van der Waals surface area (Å²) in [6.07, 6.45) is 5.85. The number of carbonyl (C=O) groups is 1. The number of amides is 2. The van der Waals surface area contributed by atoms with E-state index in [0.717, 1.165) is 30.2 Å². The van der Waals surface area contributed by atoms with Crippen molar-refractivity contribution >= 4 is 23.5 Å². The SMILES string of the molecule is CCNC(=O)N1CCN(c2ccc(-c3cc(C4CC4)cc(Nc4cc(C#N)ccn4)n3)cn2)CC1. The molecule has 35 heavy (non-hydrogen) atoms. The first-order chi connectivity index (χ1) is 17.1. The van der Waals surface area contributed by atoms with Crippen molar-refractivity contribution in [3.05, 3.63) is 59.9 Å². The summed E-state index contributed by atoms with van der Waals surface area (Å²) in [5.41, 5.74) is 3.60. The van der Waals surface area contributed by atoms with Crippen molar-refractivity contribution in [2.24, 2.45) is 0 Å². The molecular formula is C26H28N8O. The molecule has 0 bridgehead atoms. The van der Waals surface area contributed by atoms with E-state index in [0.29, 0.717) is 42.8 Å². The average molecular weight is 469 g/mol. The van der Waals surface area contributed by atoms with E-state index in [1.807, 2.05) is 24.1 Å². The van der Waals surface area contributed by atoms with Gasteiger partial charge in [-0.1, -0.05) is 0 Å². The Kier molecular flexibility index (Phi) is 6.44. The van der Waals surface area contributed by atoms with Gasteiger partial charge in [0.15, 0.2) is 0 Å². The quantitative estimate of drug-likeness (QED) is 0.565. The normalized spacial score (nSPS) is 15.4. The van der Waals surface area contributed by atoms with Crippen LogP contribution in [0.5, 0.6) is 0 Å². The summed E-state index contributed by atoms with van der Waals surface area (Å²) in [7, 11) is 0. The predicted molar refractivity (Wildman–Crippen MR) is 135 cm³/mol. The number of anilines is 3. The van der Waals surface area contributed by atoms with Crippen molar-refractivity contribution in [1.29, 1.82) is 5.26 Å². The third-order valence-electron chi connectivity index (χ3n) is 6.30. The number of rotatable bonds is 6. The van der Waals surface area contributed by atoms with Gasteiger partial charge in [0.25, 0.3) is 0 Å². The standard InChI is InChI=1S/C26H28N8O/c1-2-28-26(35)34-11-9-33(10-12-34)25-6-5-20(17-30-25)22-14-21(19-3-4-19)15-24(31-22)32-23-13-18(16-27)7-8-29-23/h5-8,13-15,17,19H,2-4,9-12H2,1H3,(H,28,35)(H,29,31,32). The van der Waals surface area contributed by atoms with Gasteiger partial charge in [-0.05, 0) is 67.6 Å². The third kappa shape index (κ3) is 5.32. The van der Waals surface area contributed by atoms with Crippen molar-refractivity contribution in [2.45, 2.75) is 25.7 Å². The molecule has 1 aliphatic carbocycles. The van der Waals surface area contributed by atoms with Crippen LogP contribution in [0.3, 0.4) is 0 Å². The highest BCUT2D eigenvalue weighted by atomic mass is 16.2. The van der Waals surface area contributed by atoms with E-state index in [9.17, 15) is 4.79 Å². The Hall–Kier alpha value is -4.19. The third-order valence-corrected chi connectivity index (χ3v) is 6.30. The van der Waals surface area contributed by atoms with Crippen LogP contribution in [-0.2, 0) is 0 Å². The molecule has 1 saturated carbocycles. The van der Waals surface area contributed by atoms with Crippen LogP contribution in [0, 0.1) is 11.3 Å². The molecule has 3 aromatic rings. The highest BCUT2D eigenvalue weighted by Gasteiger charge is 2.25. The molecular weight excluding hydrogens is 440 g/mol. The Morgan fingerprint density at radius 2 is 1.91 bits per heavy atom. The Morgan fingerprint density at radius 3 is 2.60 bits per heavy atom. The number of pyridine rings is 3. The van der Waals surface area contributed by atoms with Crippen molar-refractivity contribution in [3.8, 4) is 17.3 Å². The number of hydrogen-bond acceptors (Lipinski definition) is 7. The van der Waals surface area contributed by atoms with Crippen LogP contribution in [-0.4, -0.2) is 58.6 Å². The van der Waals surface area contributed by atoms with Crippen LogP contribution in [0.4, 0.5) is 22.2 Å². The van der Waals surface area contributed by atoms with Crippen LogP contribution < -0.4 is 15.5 Å². The number of nitrogens with one attached hydrogen (secondary N) is 2. The summed E-state index contributed by atoms with van der Waals surface area (Å²) < 4.78 is 0. The summed E-state index contributed by atoms with van der Waals surface area (Å²) >= 11 is 0. The lowest BCUT2D eigenvalue weighted by atomic mass is 10.1. The zero-order chi connectivity index (χ0) is 24.2. The summed E-state index contributed by atoms with van der Waals surface area (Å²) in [5, 5.41) is 15.3. The van der Waals surface area contributed by atoms with Gasteiger partial charge in [0.1, 0.15) is 17.5 Å². The first-order valence-corrected chi connectivity index (χ1v) is 12.0. The minimum Gasteiger partial charge on any atom is -0.353 e. The second-order valence-corrected chi connectivity index (χ2v) is 8.83. The Labute approximate surface area is 204 Å². The molecule has 0 atom stereocenters. The second kappa shape index (κ2) is 9.97. The molecule has 0 aromatic carbocycles.